The fourth-order valence-electron chi connectivity index (χ4n) is 4.29. The first-order valence-corrected chi connectivity index (χ1v) is 14.3. The second-order valence-corrected chi connectivity index (χ2v) is 9.80. The van der Waals surface area contributed by atoms with Crippen LogP contribution in [0, 0.1) is 0 Å². The molecule has 1 aromatic heterocycles. The van der Waals surface area contributed by atoms with Gasteiger partial charge in [0.2, 0.25) is 5.76 Å². The van der Waals surface area contributed by atoms with Crippen molar-refractivity contribution < 1.29 is 23.5 Å². The minimum Gasteiger partial charge on any atom is -0.494 e. The summed E-state index contributed by atoms with van der Waals surface area (Å²) in [4.78, 5) is 38.1. The molecule has 0 bridgehead atoms. The number of unbranched alkanes of at least 4 members (excludes halogenated alkanes) is 9. The SMILES string of the molecule is CCCCCCCCCOc1ccc(C(=O)Nc2cccc3c(=O)cc(C(=O)OCCCCCC)oc23)cc1. The summed E-state index contributed by atoms with van der Waals surface area (Å²) in [6.45, 7) is 5.24. The molecule has 0 spiro atoms. The summed E-state index contributed by atoms with van der Waals surface area (Å²) >= 11 is 0. The summed E-state index contributed by atoms with van der Waals surface area (Å²) in [6, 6.07) is 12.9. The highest BCUT2D eigenvalue weighted by molar-refractivity contribution is 6.08. The van der Waals surface area contributed by atoms with E-state index in [1.165, 1.54) is 32.1 Å². The van der Waals surface area contributed by atoms with E-state index in [1.54, 1.807) is 42.5 Å². The number of anilines is 1. The predicted octanol–water partition coefficient (Wildman–Crippen LogP) is 7.91. The van der Waals surface area contributed by atoms with E-state index in [-0.39, 0.29) is 34.7 Å². The Morgan fingerprint density at radius 3 is 2.15 bits per heavy atom. The number of para-hydroxylation sites is 1. The van der Waals surface area contributed by atoms with E-state index >= 15 is 0 Å². The zero-order valence-corrected chi connectivity index (χ0v) is 23.3. The van der Waals surface area contributed by atoms with Gasteiger partial charge in [-0.1, -0.05) is 77.7 Å². The van der Waals surface area contributed by atoms with Gasteiger partial charge in [0, 0.05) is 11.6 Å². The summed E-state index contributed by atoms with van der Waals surface area (Å²) in [5.41, 5.74) is 0.477. The second kappa shape index (κ2) is 16.4. The first-order valence-electron chi connectivity index (χ1n) is 14.3. The number of amides is 1. The Bertz CT molecular complexity index is 1250. The summed E-state index contributed by atoms with van der Waals surface area (Å²) in [6.07, 6.45) is 12.4. The van der Waals surface area contributed by atoms with E-state index in [2.05, 4.69) is 19.2 Å². The summed E-state index contributed by atoms with van der Waals surface area (Å²) < 4.78 is 16.8. The standard InChI is InChI=1S/C32H41NO6/c1-3-5-7-9-10-11-13-21-37-25-19-17-24(18-20-25)31(35)33-27-16-14-15-26-28(34)23-29(39-30(26)27)32(36)38-22-12-8-6-4-2/h14-20,23H,3-13,21-22H2,1-2H3,(H,33,35). The molecular formula is C32H41NO6. The van der Waals surface area contributed by atoms with Gasteiger partial charge in [-0.15, -0.1) is 0 Å². The minimum atomic E-state index is -0.696. The topological polar surface area (TPSA) is 94.8 Å². The maximum absolute atomic E-state index is 12.9. The monoisotopic (exact) mass is 535 g/mol. The molecule has 2 aromatic carbocycles. The quantitative estimate of drug-likeness (QED) is 0.139. The Kier molecular flexibility index (Phi) is 12.6. The zero-order valence-electron chi connectivity index (χ0n) is 23.3. The fraction of sp³-hybridized carbons (Fsp3) is 0.469. The van der Waals surface area contributed by atoms with Crippen LogP contribution in [0.1, 0.15) is 105 Å². The molecule has 0 atom stereocenters. The number of hydrogen-bond donors (Lipinski definition) is 1. The Labute approximate surface area is 230 Å². The van der Waals surface area contributed by atoms with Gasteiger partial charge < -0.3 is 19.2 Å². The normalized spacial score (nSPS) is 10.9. The van der Waals surface area contributed by atoms with E-state index in [1.807, 2.05) is 0 Å². The number of carbonyl (C=O) groups is 2. The van der Waals surface area contributed by atoms with Crippen molar-refractivity contribution in [3.05, 3.63) is 70.1 Å². The molecule has 39 heavy (non-hydrogen) atoms. The molecule has 0 unspecified atom stereocenters. The van der Waals surface area contributed by atoms with Gasteiger partial charge in [-0.25, -0.2) is 4.79 Å². The van der Waals surface area contributed by atoms with Crippen LogP contribution in [-0.2, 0) is 4.74 Å². The van der Waals surface area contributed by atoms with Crippen LogP contribution in [0.15, 0.2) is 57.7 Å². The molecule has 7 nitrogen and oxygen atoms in total. The number of carbonyl (C=O) groups excluding carboxylic acids is 2. The van der Waals surface area contributed by atoms with Crippen LogP contribution < -0.4 is 15.5 Å². The molecule has 210 valence electrons. The Morgan fingerprint density at radius 1 is 0.795 bits per heavy atom. The number of fused-ring (bicyclic) bond motifs is 1. The van der Waals surface area contributed by atoms with Gasteiger partial charge in [0.05, 0.1) is 24.3 Å². The molecule has 7 heteroatoms. The Hall–Kier alpha value is -3.61. The van der Waals surface area contributed by atoms with E-state index in [0.717, 1.165) is 44.6 Å². The van der Waals surface area contributed by atoms with Crippen LogP contribution in [0.2, 0.25) is 0 Å². The highest BCUT2D eigenvalue weighted by atomic mass is 16.5. The van der Waals surface area contributed by atoms with Gasteiger partial charge in [-0.2, -0.15) is 0 Å². The average molecular weight is 536 g/mol. The highest BCUT2D eigenvalue weighted by Gasteiger charge is 2.17. The van der Waals surface area contributed by atoms with Gasteiger partial charge in [-0.05, 0) is 49.2 Å². The average Bonchev–Trinajstić information content (AvgIpc) is 2.95. The van der Waals surface area contributed by atoms with Crippen molar-refractivity contribution in [2.24, 2.45) is 0 Å². The molecule has 0 saturated heterocycles. The van der Waals surface area contributed by atoms with E-state index < -0.39 is 5.97 Å². The van der Waals surface area contributed by atoms with Gasteiger partial charge in [-0.3, -0.25) is 9.59 Å². The molecule has 3 aromatic rings. The Morgan fingerprint density at radius 2 is 1.44 bits per heavy atom. The van der Waals surface area contributed by atoms with Crippen molar-refractivity contribution in [1.82, 2.24) is 0 Å². The van der Waals surface area contributed by atoms with Crippen LogP contribution in [0.5, 0.6) is 5.75 Å². The minimum absolute atomic E-state index is 0.130. The van der Waals surface area contributed by atoms with Gasteiger partial charge in [0.1, 0.15) is 5.75 Å². The number of ether oxygens (including phenoxy) is 2. The predicted molar refractivity (Wildman–Crippen MR) is 155 cm³/mol. The number of rotatable bonds is 17. The van der Waals surface area contributed by atoms with Crippen molar-refractivity contribution >= 4 is 28.5 Å². The molecule has 0 radical (unpaired) electrons. The lowest BCUT2D eigenvalue weighted by Gasteiger charge is -2.10. The van der Waals surface area contributed by atoms with Crippen molar-refractivity contribution in [3.63, 3.8) is 0 Å². The fourth-order valence-corrected chi connectivity index (χ4v) is 4.29. The molecule has 0 fully saturated rings. The smallest absolute Gasteiger partial charge is 0.374 e. The molecule has 1 N–H and O–H groups in total. The van der Waals surface area contributed by atoms with Crippen molar-refractivity contribution in [1.29, 1.82) is 0 Å². The van der Waals surface area contributed by atoms with Crippen LogP contribution in [0.3, 0.4) is 0 Å². The van der Waals surface area contributed by atoms with Crippen LogP contribution in [0.4, 0.5) is 5.69 Å². The molecule has 0 saturated carbocycles. The zero-order chi connectivity index (χ0) is 27.9. The maximum Gasteiger partial charge on any atom is 0.374 e. The Balaban J connectivity index is 1.58. The van der Waals surface area contributed by atoms with E-state index in [4.69, 9.17) is 13.9 Å². The lowest BCUT2D eigenvalue weighted by atomic mass is 10.1. The molecule has 0 aliphatic rings. The molecule has 3 rings (SSSR count). The molecule has 0 aliphatic heterocycles. The van der Waals surface area contributed by atoms with Gasteiger partial charge in [0.15, 0.2) is 11.0 Å². The number of esters is 1. The summed E-state index contributed by atoms with van der Waals surface area (Å²) in [7, 11) is 0. The third-order valence-corrected chi connectivity index (χ3v) is 6.57. The van der Waals surface area contributed by atoms with Crippen LogP contribution >= 0.6 is 0 Å². The lowest BCUT2D eigenvalue weighted by Crippen LogP contribution is -2.14. The molecule has 1 amide bonds. The van der Waals surface area contributed by atoms with E-state index in [9.17, 15) is 14.4 Å². The largest absolute Gasteiger partial charge is 0.494 e. The highest BCUT2D eigenvalue weighted by Crippen LogP contribution is 2.24. The summed E-state index contributed by atoms with van der Waals surface area (Å²) in [5.74, 6) is -0.537. The third kappa shape index (κ3) is 9.57. The molecular weight excluding hydrogens is 494 g/mol. The van der Waals surface area contributed by atoms with Crippen LogP contribution in [0.25, 0.3) is 11.0 Å². The van der Waals surface area contributed by atoms with Gasteiger partial charge in [0.25, 0.3) is 5.91 Å². The van der Waals surface area contributed by atoms with Crippen molar-refractivity contribution in [3.8, 4) is 5.75 Å². The van der Waals surface area contributed by atoms with Gasteiger partial charge >= 0.3 is 5.97 Å². The van der Waals surface area contributed by atoms with E-state index in [0.29, 0.717) is 23.6 Å². The van der Waals surface area contributed by atoms with Crippen molar-refractivity contribution in [2.75, 3.05) is 18.5 Å². The number of benzene rings is 2. The molecule has 0 aliphatic carbocycles. The summed E-state index contributed by atoms with van der Waals surface area (Å²) in [5, 5.41) is 3.06. The number of nitrogens with one attached hydrogen (secondary N) is 1. The first kappa shape index (κ1) is 29.9. The lowest BCUT2D eigenvalue weighted by molar-refractivity contribution is 0.0462. The third-order valence-electron chi connectivity index (χ3n) is 6.57. The number of hydrogen-bond acceptors (Lipinski definition) is 6. The van der Waals surface area contributed by atoms with Crippen molar-refractivity contribution in [2.45, 2.75) is 84.5 Å². The second-order valence-electron chi connectivity index (χ2n) is 9.80. The maximum atomic E-state index is 12.9. The first-order chi connectivity index (χ1) is 19.0. The van der Waals surface area contributed by atoms with Crippen LogP contribution in [-0.4, -0.2) is 25.1 Å². The molecule has 1 heterocycles.